The molecule has 2 N–H and O–H groups in total. The van der Waals surface area contributed by atoms with Crippen LogP contribution in [0.5, 0.6) is 0 Å². The van der Waals surface area contributed by atoms with E-state index < -0.39 is 7.12 Å². The molecule has 29 heavy (non-hydrogen) atoms. The summed E-state index contributed by atoms with van der Waals surface area (Å²) in [6, 6.07) is 16.8. The lowest BCUT2D eigenvalue weighted by molar-refractivity contribution is 0.391. The molecule has 3 aromatic rings. The average molecular weight is 405 g/mol. The van der Waals surface area contributed by atoms with Gasteiger partial charge < -0.3 is 10.0 Å². The molecule has 0 spiro atoms. The summed E-state index contributed by atoms with van der Waals surface area (Å²) in [5.74, 6) is 1.39. The molecular weight excluding hydrogens is 381 g/mol. The smallest absolute Gasteiger partial charge is 0.427 e. The quantitative estimate of drug-likeness (QED) is 0.609. The summed E-state index contributed by atoms with van der Waals surface area (Å²) in [7, 11) is -1.31. The second kappa shape index (κ2) is 7.67. The van der Waals surface area contributed by atoms with Crippen LogP contribution in [0.25, 0.3) is 10.8 Å². The molecule has 0 radical (unpaired) electrons. The molecule has 2 aliphatic rings. The van der Waals surface area contributed by atoms with Crippen LogP contribution < -0.4 is 5.56 Å². The summed E-state index contributed by atoms with van der Waals surface area (Å²) < 4.78 is 1.92. The largest absolute Gasteiger partial charge is 0.451 e. The molecule has 1 aliphatic carbocycles. The van der Waals surface area contributed by atoms with Gasteiger partial charge in [0.1, 0.15) is 0 Å². The predicted molar refractivity (Wildman–Crippen MR) is 119 cm³/mol. The van der Waals surface area contributed by atoms with Crippen molar-refractivity contribution in [3.05, 3.63) is 75.6 Å². The van der Waals surface area contributed by atoms with E-state index in [4.69, 9.17) is 0 Å². The second-order valence-corrected chi connectivity index (χ2v) is 9.26. The monoisotopic (exact) mass is 405 g/mol. The number of nitrogens with zero attached hydrogens (tertiary/aromatic N) is 1. The van der Waals surface area contributed by atoms with Crippen LogP contribution in [0.4, 0.5) is 0 Å². The van der Waals surface area contributed by atoms with E-state index >= 15 is 0 Å². The molecule has 2 aromatic carbocycles. The van der Waals surface area contributed by atoms with E-state index in [1.165, 1.54) is 34.7 Å². The number of thioether (sulfide) groups is 1. The highest BCUT2D eigenvalue weighted by Crippen LogP contribution is 2.49. The van der Waals surface area contributed by atoms with Crippen LogP contribution in [0.2, 0.25) is 6.32 Å². The molecule has 5 rings (SSSR count). The second-order valence-electron chi connectivity index (χ2n) is 8.25. The maximum Gasteiger partial charge on any atom is 0.451 e. The lowest BCUT2D eigenvalue weighted by atomic mass is 9.83. The standard InChI is InChI=1S/C23H24BNO3S/c26-21-13-19(12-15-5-6-16-3-1-2-4-18(16)11-15)22(17-7-8-17)23-25(21)20(14-29-23)9-10-24(27)28/h1-6,11,13,17,20,27-28H,7-10,12,14H2. The number of hydrogen-bond donors (Lipinski definition) is 2. The molecule has 1 fully saturated rings. The van der Waals surface area contributed by atoms with Gasteiger partial charge in [0.05, 0.1) is 5.03 Å². The maximum absolute atomic E-state index is 13.0. The van der Waals surface area contributed by atoms with Gasteiger partial charge in [-0.1, -0.05) is 42.5 Å². The van der Waals surface area contributed by atoms with Gasteiger partial charge in [-0.2, -0.15) is 0 Å². The van der Waals surface area contributed by atoms with Crippen molar-refractivity contribution in [1.29, 1.82) is 0 Å². The van der Waals surface area contributed by atoms with Crippen molar-refractivity contribution < 1.29 is 10.0 Å². The molecule has 4 nitrogen and oxygen atoms in total. The van der Waals surface area contributed by atoms with E-state index in [1.54, 1.807) is 11.8 Å². The molecule has 1 saturated carbocycles. The van der Waals surface area contributed by atoms with Gasteiger partial charge in [0.25, 0.3) is 5.56 Å². The Hall–Kier alpha value is -2.02. The van der Waals surface area contributed by atoms with E-state index in [9.17, 15) is 14.8 Å². The SMILES string of the molecule is O=c1cc(Cc2ccc3ccccc3c2)c(C2CC2)c2n1C(CCB(O)O)CS2. The Bertz CT molecular complexity index is 1120. The molecule has 2 heterocycles. The van der Waals surface area contributed by atoms with Gasteiger partial charge in [-0.15, -0.1) is 11.8 Å². The molecule has 1 aliphatic heterocycles. The minimum absolute atomic E-state index is 0.0441. The van der Waals surface area contributed by atoms with Gasteiger partial charge in [-0.3, -0.25) is 9.36 Å². The number of hydrogen-bond acceptors (Lipinski definition) is 4. The van der Waals surface area contributed by atoms with Gasteiger partial charge in [0.2, 0.25) is 0 Å². The van der Waals surface area contributed by atoms with E-state index in [1.807, 2.05) is 10.6 Å². The Kier molecular flexibility index (Phi) is 5.02. The van der Waals surface area contributed by atoms with Crippen molar-refractivity contribution in [2.45, 2.75) is 49.0 Å². The first-order chi connectivity index (χ1) is 14.1. The Balaban J connectivity index is 1.52. The van der Waals surface area contributed by atoms with Crippen molar-refractivity contribution in [2.24, 2.45) is 0 Å². The van der Waals surface area contributed by atoms with Gasteiger partial charge >= 0.3 is 7.12 Å². The van der Waals surface area contributed by atoms with Crippen molar-refractivity contribution in [1.82, 2.24) is 4.57 Å². The number of fused-ring (bicyclic) bond motifs is 2. The first-order valence-corrected chi connectivity index (χ1v) is 11.3. The highest BCUT2D eigenvalue weighted by Gasteiger charge is 2.35. The fourth-order valence-electron chi connectivity index (χ4n) is 4.48. The molecule has 1 aromatic heterocycles. The van der Waals surface area contributed by atoms with E-state index in [0.717, 1.165) is 22.8 Å². The van der Waals surface area contributed by atoms with Crippen molar-refractivity contribution in [2.75, 3.05) is 5.75 Å². The summed E-state index contributed by atoms with van der Waals surface area (Å²) in [6.07, 6.45) is 4.08. The average Bonchev–Trinajstić information content (AvgIpc) is 3.45. The Morgan fingerprint density at radius 3 is 2.62 bits per heavy atom. The predicted octanol–water partition coefficient (Wildman–Crippen LogP) is 3.98. The normalized spacial score (nSPS) is 18.2. The van der Waals surface area contributed by atoms with Crippen LogP contribution >= 0.6 is 11.8 Å². The number of pyridine rings is 1. The minimum atomic E-state index is -1.31. The Morgan fingerprint density at radius 2 is 1.86 bits per heavy atom. The van der Waals surface area contributed by atoms with Gasteiger partial charge in [-0.05, 0) is 65.4 Å². The zero-order valence-corrected chi connectivity index (χ0v) is 17.1. The molecule has 1 atom stereocenters. The molecular formula is C23H24BNO3S. The van der Waals surface area contributed by atoms with E-state index in [-0.39, 0.29) is 11.6 Å². The maximum atomic E-state index is 13.0. The molecule has 0 bridgehead atoms. The van der Waals surface area contributed by atoms with Crippen LogP contribution in [-0.4, -0.2) is 27.5 Å². The summed E-state index contributed by atoms with van der Waals surface area (Å²) in [5, 5.41) is 22.0. The minimum Gasteiger partial charge on any atom is -0.427 e. The fourth-order valence-corrected chi connectivity index (χ4v) is 5.98. The van der Waals surface area contributed by atoms with Crippen LogP contribution in [0.3, 0.4) is 0 Å². The van der Waals surface area contributed by atoms with Gasteiger partial charge in [-0.25, -0.2) is 0 Å². The lowest BCUT2D eigenvalue weighted by Crippen LogP contribution is -2.26. The van der Waals surface area contributed by atoms with Crippen LogP contribution in [-0.2, 0) is 6.42 Å². The fraction of sp³-hybridized carbons (Fsp3) is 0.348. The molecule has 6 heteroatoms. The number of aromatic nitrogens is 1. The highest BCUT2D eigenvalue weighted by molar-refractivity contribution is 7.99. The van der Waals surface area contributed by atoms with Crippen LogP contribution in [0.15, 0.2) is 58.4 Å². The Morgan fingerprint density at radius 1 is 1.07 bits per heavy atom. The lowest BCUT2D eigenvalue weighted by Gasteiger charge is -2.18. The summed E-state index contributed by atoms with van der Waals surface area (Å²) in [5.41, 5.74) is 3.80. The zero-order valence-electron chi connectivity index (χ0n) is 16.3. The van der Waals surface area contributed by atoms with E-state index in [2.05, 4.69) is 42.5 Å². The number of rotatable bonds is 6. The first kappa shape index (κ1) is 19.0. The van der Waals surface area contributed by atoms with Gasteiger partial charge in [0, 0.05) is 17.9 Å². The summed E-state index contributed by atoms with van der Waals surface area (Å²) >= 11 is 1.76. The van der Waals surface area contributed by atoms with Crippen molar-refractivity contribution in [3.63, 3.8) is 0 Å². The zero-order chi connectivity index (χ0) is 20.0. The molecule has 0 saturated heterocycles. The third-order valence-corrected chi connectivity index (χ3v) is 7.30. The van der Waals surface area contributed by atoms with Crippen molar-refractivity contribution in [3.8, 4) is 0 Å². The molecule has 148 valence electrons. The Labute approximate surface area is 174 Å². The third kappa shape index (κ3) is 3.77. The summed E-state index contributed by atoms with van der Waals surface area (Å²) in [6.45, 7) is 0. The van der Waals surface area contributed by atoms with Gasteiger partial charge in [0.15, 0.2) is 0 Å². The molecule has 1 unspecified atom stereocenters. The summed E-state index contributed by atoms with van der Waals surface area (Å²) in [4.78, 5) is 13.0. The van der Waals surface area contributed by atoms with Crippen molar-refractivity contribution >= 4 is 29.7 Å². The van der Waals surface area contributed by atoms with E-state index in [0.29, 0.717) is 18.7 Å². The third-order valence-electron chi connectivity index (χ3n) is 6.06. The first-order valence-electron chi connectivity index (χ1n) is 10.3. The van der Waals surface area contributed by atoms with Crippen LogP contribution in [0.1, 0.15) is 47.9 Å². The number of benzene rings is 2. The molecule has 0 amide bonds. The topological polar surface area (TPSA) is 62.5 Å². The van der Waals surface area contributed by atoms with Crippen LogP contribution in [0, 0.1) is 0 Å². The highest BCUT2D eigenvalue weighted by atomic mass is 32.2.